The minimum Gasteiger partial charge on any atom is -0.356 e. The van der Waals surface area contributed by atoms with Crippen LogP contribution in [0.25, 0.3) is 0 Å². The van der Waals surface area contributed by atoms with Crippen molar-refractivity contribution in [2.24, 2.45) is 4.99 Å². The van der Waals surface area contributed by atoms with Crippen LogP contribution in [-0.4, -0.2) is 11.1 Å². The van der Waals surface area contributed by atoms with Crippen LogP contribution in [0, 0.1) is 17.0 Å². The molecule has 4 rings (SSSR count). The van der Waals surface area contributed by atoms with Gasteiger partial charge in [0.1, 0.15) is 0 Å². The summed E-state index contributed by atoms with van der Waals surface area (Å²) in [6.07, 6.45) is 1.86. The van der Waals surface area contributed by atoms with Crippen molar-refractivity contribution in [3.8, 4) is 0 Å². The summed E-state index contributed by atoms with van der Waals surface area (Å²) in [4.78, 5) is 14.9. The Morgan fingerprint density at radius 1 is 0.688 bits per heavy atom. The van der Waals surface area contributed by atoms with E-state index in [9.17, 15) is 10.1 Å². The summed E-state index contributed by atoms with van der Waals surface area (Å²) < 4.78 is 0. The molecule has 0 aliphatic heterocycles. The number of rotatable bonds is 7. The number of aliphatic imine (C=N–C) groups is 1. The lowest BCUT2D eigenvalue weighted by Gasteiger charge is -2.09. The van der Waals surface area contributed by atoms with E-state index in [4.69, 9.17) is 0 Å². The van der Waals surface area contributed by atoms with Crippen LogP contribution in [0.2, 0.25) is 0 Å². The van der Waals surface area contributed by atoms with Crippen LogP contribution in [0.5, 0.6) is 0 Å². The zero-order valence-corrected chi connectivity index (χ0v) is 17.5. The van der Waals surface area contributed by atoms with Crippen LogP contribution >= 0.6 is 0 Å². The summed E-state index contributed by atoms with van der Waals surface area (Å²) in [6, 6.07) is 30.3. The molecule has 0 bridgehead atoms. The van der Waals surface area contributed by atoms with Crippen molar-refractivity contribution in [3.05, 3.63) is 118 Å². The van der Waals surface area contributed by atoms with E-state index in [1.54, 1.807) is 12.1 Å². The number of nitrogens with zero attached hydrogens (tertiary/aromatic N) is 2. The number of hydrogen-bond acceptors (Lipinski definition) is 5. The Labute approximate surface area is 186 Å². The summed E-state index contributed by atoms with van der Waals surface area (Å²) in [6.45, 7) is 2.07. The van der Waals surface area contributed by atoms with E-state index in [-0.39, 0.29) is 5.69 Å². The monoisotopic (exact) mass is 422 g/mol. The van der Waals surface area contributed by atoms with Crippen molar-refractivity contribution in [1.29, 1.82) is 0 Å². The molecule has 0 aliphatic carbocycles. The van der Waals surface area contributed by atoms with Gasteiger partial charge in [0.2, 0.25) is 0 Å². The van der Waals surface area contributed by atoms with Crippen molar-refractivity contribution in [3.63, 3.8) is 0 Å². The average Bonchev–Trinajstić information content (AvgIpc) is 2.81. The molecule has 0 atom stereocenters. The van der Waals surface area contributed by atoms with Crippen molar-refractivity contribution >= 4 is 40.3 Å². The fourth-order valence-corrected chi connectivity index (χ4v) is 3.07. The SMILES string of the molecule is Cc1ccc(/C=N/c2ccc(Nc3ccc(Nc4ccc([N+](=O)[O-])cc4)cc3)cc2)cc1. The lowest BCUT2D eigenvalue weighted by molar-refractivity contribution is -0.384. The van der Waals surface area contributed by atoms with E-state index < -0.39 is 4.92 Å². The van der Waals surface area contributed by atoms with E-state index in [0.717, 1.165) is 34.0 Å². The number of aryl methyl sites for hydroxylation is 1. The number of hydrogen-bond donors (Lipinski definition) is 2. The van der Waals surface area contributed by atoms with E-state index >= 15 is 0 Å². The lowest BCUT2D eigenvalue weighted by atomic mass is 10.2. The van der Waals surface area contributed by atoms with Gasteiger partial charge in [-0.1, -0.05) is 29.8 Å². The van der Waals surface area contributed by atoms with Crippen molar-refractivity contribution < 1.29 is 4.92 Å². The molecule has 0 unspecified atom stereocenters. The van der Waals surface area contributed by atoms with E-state index in [1.807, 2.05) is 54.7 Å². The second kappa shape index (κ2) is 9.57. The number of benzene rings is 4. The van der Waals surface area contributed by atoms with Crippen molar-refractivity contribution in [2.45, 2.75) is 6.92 Å². The first-order chi connectivity index (χ1) is 15.5. The molecule has 0 saturated heterocycles. The van der Waals surface area contributed by atoms with Gasteiger partial charge in [0.25, 0.3) is 5.69 Å². The number of non-ortho nitro benzene ring substituents is 1. The fourth-order valence-electron chi connectivity index (χ4n) is 3.07. The Morgan fingerprint density at radius 2 is 1.12 bits per heavy atom. The Morgan fingerprint density at radius 3 is 1.59 bits per heavy atom. The van der Waals surface area contributed by atoms with Gasteiger partial charge in [-0.05, 0) is 73.2 Å². The summed E-state index contributed by atoms with van der Waals surface area (Å²) in [5, 5.41) is 17.4. The highest BCUT2D eigenvalue weighted by molar-refractivity contribution is 5.82. The lowest BCUT2D eigenvalue weighted by Crippen LogP contribution is -1.93. The van der Waals surface area contributed by atoms with Crippen LogP contribution < -0.4 is 10.6 Å². The smallest absolute Gasteiger partial charge is 0.269 e. The first kappa shape index (κ1) is 20.8. The molecule has 2 N–H and O–H groups in total. The van der Waals surface area contributed by atoms with Gasteiger partial charge in [-0.3, -0.25) is 15.1 Å². The topological polar surface area (TPSA) is 79.6 Å². The van der Waals surface area contributed by atoms with Gasteiger partial charge in [0, 0.05) is 41.1 Å². The molecule has 158 valence electrons. The maximum atomic E-state index is 10.7. The molecule has 0 amide bonds. The first-order valence-corrected chi connectivity index (χ1v) is 10.1. The molecular formula is C26H22N4O2. The van der Waals surface area contributed by atoms with Gasteiger partial charge in [0.05, 0.1) is 10.6 Å². The molecule has 4 aromatic rings. The van der Waals surface area contributed by atoms with Gasteiger partial charge in [0.15, 0.2) is 0 Å². The number of nitrogens with one attached hydrogen (secondary N) is 2. The molecule has 0 aliphatic rings. The molecule has 0 fully saturated rings. The fraction of sp³-hybridized carbons (Fsp3) is 0.0385. The van der Waals surface area contributed by atoms with Gasteiger partial charge in [-0.25, -0.2) is 0 Å². The second-order valence-electron chi connectivity index (χ2n) is 7.35. The van der Waals surface area contributed by atoms with Crippen LogP contribution in [-0.2, 0) is 0 Å². The summed E-state index contributed by atoms with van der Waals surface area (Å²) in [5.74, 6) is 0. The molecule has 4 aromatic carbocycles. The largest absolute Gasteiger partial charge is 0.356 e. The Bertz CT molecular complexity index is 1220. The predicted molar refractivity (Wildman–Crippen MR) is 131 cm³/mol. The third-order valence-corrected chi connectivity index (χ3v) is 4.85. The summed E-state index contributed by atoms with van der Waals surface area (Å²) in [5.41, 5.74) is 6.86. The van der Waals surface area contributed by atoms with E-state index in [1.165, 1.54) is 17.7 Å². The maximum absolute atomic E-state index is 10.7. The molecule has 0 aromatic heterocycles. The third kappa shape index (κ3) is 5.58. The average molecular weight is 422 g/mol. The highest BCUT2D eigenvalue weighted by Gasteiger charge is 2.04. The van der Waals surface area contributed by atoms with Gasteiger partial charge in [-0.2, -0.15) is 0 Å². The quantitative estimate of drug-likeness (QED) is 0.188. The van der Waals surface area contributed by atoms with Gasteiger partial charge in [-0.15, -0.1) is 0 Å². The molecule has 6 heteroatoms. The second-order valence-corrected chi connectivity index (χ2v) is 7.35. The molecule has 0 radical (unpaired) electrons. The standard InChI is InChI=1S/C26H22N4O2/c1-19-2-4-20(5-3-19)18-27-21-6-8-22(9-7-21)28-23-10-12-24(13-11-23)29-25-14-16-26(17-15-25)30(31)32/h2-18,28-29H,1H3/b27-18+. The molecule has 0 spiro atoms. The predicted octanol–water partition coefficient (Wildman–Crippen LogP) is 7.14. The highest BCUT2D eigenvalue weighted by atomic mass is 16.6. The van der Waals surface area contributed by atoms with E-state index in [0.29, 0.717) is 0 Å². The van der Waals surface area contributed by atoms with Crippen LogP contribution in [0.4, 0.5) is 34.1 Å². The summed E-state index contributed by atoms with van der Waals surface area (Å²) >= 11 is 0. The highest BCUT2D eigenvalue weighted by Crippen LogP contribution is 2.24. The number of nitro benzene ring substituents is 1. The van der Waals surface area contributed by atoms with Gasteiger partial charge < -0.3 is 10.6 Å². The Kier molecular flexibility index (Phi) is 6.22. The third-order valence-electron chi connectivity index (χ3n) is 4.85. The minimum absolute atomic E-state index is 0.0713. The molecule has 32 heavy (non-hydrogen) atoms. The van der Waals surface area contributed by atoms with Crippen LogP contribution in [0.1, 0.15) is 11.1 Å². The maximum Gasteiger partial charge on any atom is 0.269 e. The van der Waals surface area contributed by atoms with Gasteiger partial charge >= 0.3 is 0 Å². The van der Waals surface area contributed by atoms with Crippen LogP contribution in [0.3, 0.4) is 0 Å². The van der Waals surface area contributed by atoms with Crippen LogP contribution in [0.15, 0.2) is 102 Å². The number of nitro groups is 1. The Balaban J connectivity index is 1.34. The zero-order chi connectivity index (χ0) is 22.3. The van der Waals surface area contributed by atoms with Crippen molar-refractivity contribution in [1.82, 2.24) is 0 Å². The van der Waals surface area contributed by atoms with E-state index in [2.05, 4.69) is 46.8 Å². The van der Waals surface area contributed by atoms with Crippen molar-refractivity contribution in [2.75, 3.05) is 10.6 Å². The number of anilines is 4. The molecule has 6 nitrogen and oxygen atoms in total. The normalized spacial score (nSPS) is 10.8. The first-order valence-electron chi connectivity index (χ1n) is 10.1. The molecule has 0 saturated carbocycles. The minimum atomic E-state index is -0.410. The zero-order valence-electron chi connectivity index (χ0n) is 17.5. The summed E-state index contributed by atoms with van der Waals surface area (Å²) in [7, 11) is 0. The molecular weight excluding hydrogens is 400 g/mol. The Hall–Kier alpha value is -4.45. The molecule has 0 heterocycles.